The van der Waals surface area contributed by atoms with E-state index in [0.29, 0.717) is 27.8 Å². The molecule has 1 saturated carbocycles. The molecule has 21 heavy (non-hydrogen) atoms. The standard InChI is InChI=1S/C15H20Cl2N2OS/c16-12-8-10(18)9-13(17)15(12)19-14(20)6-7-21-11-4-2-1-3-5-11/h8-9,11H,1-7,18H2,(H,19,20). The maximum Gasteiger partial charge on any atom is 0.225 e. The number of benzene rings is 1. The van der Waals surface area contributed by atoms with Crippen molar-refractivity contribution < 1.29 is 4.79 Å². The molecule has 0 spiro atoms. The zero-order valence-electron chi connectivity index (χ0n) is 11.8. The van der Waals surface area contributed by atoms with Gasteiger partial charge in [0.15, 0.2) is 0 Å². The summed E-state index contributed by atoms with van der Waals surface area (Å²) in [5, 5.41) is 4.23. The number of thioether (sulfide) groups is 1. The number of nitrogens with two attached hydrogens (primary N) is 1. The van der Waals surface area contributed by atoms with Crippen molar-refractivity contribution in [3.63, 3.8) is 0 Å². The fourth-order valence-corrected chi connectivity index (χ4v) is 4.37. The van der Waals surface area contributed by atoms with Gasteiger partial charge in [-0.25, -0.2) is 0 Å². The molecule has 0 bridgehead atoms. The molecule has 1 amide bonds. The lowest BCUT2D eigenvalue weighted by Gasteiger charge is -2.20. The van der Waals surface area contributed by atoms with Crippen molar-refractivity contribution in [1.29, 1.82) is 0 Å². The number of anilines is 2. The van der Waals surface area contributed by atoms with Gasteiger partial charge in [0.1, 0.15) is 0 Å². The van der Waals surface area contributed by atoms with Gasteiger partial charge in [0.2, 0.25) is 5.91 Å². The maximum absolute atomic E-state index is 12.0. The summed E-state index contributed by atoms with van der Waals surface area (Å²) in [5.41, 5.74) is 6.56. The first-order valence-corrected chi connectivity index (χ1v) is 9.02. The summed E-state index contributed by atoms with van der Waals surface area (Å²) in [7, 11) is 0. The van der Waals surface area contributed by atoms with E-state index >= 15 is 0 Å². The van der Waals surface area contributed by atoms with Gasteiger partial charge in [-0.2, -0.15) is 11.8 Å². The molecule has 0 aliphatic heterocycles. The van der Waals surface area contributed by atoms with E-state index in [-0.39, 0.29) is 5.91 Å². The average molecular weight is 347 g/mol. The molecule has 116 valence electrons. The molecular weight excluding hydrogens is 327 g/mol. The summed E-state index contributed by atoms with van der Waals surface area (Å²) >= 11 is 14.0. The Bertz CT molecular complexity index is 481. The smallest absolute Gasteiger partial charge is 0.225 e. The van der Waals surface area contributed by atoms with E-state index in [1.807, 2.05) is 11.8 Å². The summed E-state index contributed by atoms with van der Waals surface area (Å²) in [4.78, 5) is 12.0. The van der Waals surface area contributed by atoms with Gasteiger partial charge in [-0.1, -0.05) is 42.5 Å². The van der Waals surface area contributed by atoms with Gasteiger partial charge in [0, 0.05) is 23.1 Å². The van der Waals surface area contributed by atoms with Crippen molar-refractivity contribution in [3.05, 3.63) is 22.2 Å². The van der Waals surface area contributed by atoms with Crippen LogP contribution in [0, 0.1) is 0 Å². The average Bonchev–Trinajstić information content (AvgIpc) is 2.44. The topological polar surface area (TPSA) is 55.1 Å². The molecule has 0 aromatic heterocycles. The van der Waals surface area contributed by atoms with Crippen LogP contribution in [0.5, 0.6) is 0 Å². The summed E-state index contributed by atoms with van der Waals surface area (Å²) in [6, 6.07) is 3.17. The highest BCUT2D eigenvalue weighted by Gasteiger charge is 2.15. The van der Waals surface area contributed by atoms with Crippen LogP contribution in [0.15, 0.2) is 12.1 Å². The van der Waals surface area contributed by atoms with Crippen molar-refractivity contribution >= 4 is 52.2 Å². The lowest BCUT2D eigenvalue weighted by Crippen LogP contribution is -2.15. The minimum absolute atomic E-state index is 0.0631. The van der Waals surface area contributed by atoms with Crippen molar-refractivity contribution in [2.24, 2.45) is 0 Å². The molecule has 0 saturated heterocycles. The Morgan fingerprint density at radius 1 is 1.24 bits per heavy atom. The zero-order chi connectivity index (χ0) is 15.2. The van der Waals surface area contributed by atoms with E-state index in [1.54, 1.807) is 12.1 Å². The summed E-state index contributed by atoms with van der Waals surface area (Å²) < 4.78 is 0. The molecule has 1 aromatic rings. The molecule has 1 aliphatic rings. The van der Waals surface area contributed by atoms with E-state index in [9.17, 15) is 4.79 Å². The molecule has 1 fully saturated rings. The van der Waals surface area contributed by atoms with Crippen LogP contribution in [0.3, 0.4) is 0 Å². The Labute approximate surface area is 139 Å². The normalized spacial score (nSPS) is 15.9. The number of carbonyl (C=O) groups excluding carboxylic acids is 1. The second-order valence-electron chi connectivity index (χ2n) is 5.29. The number of rotatable bonds is 5. The summed E-state index contributed by atoms with van der Waals surface area (Å²) in [6.45, 7) is 0. The van der Waals surface area contributed by atoms with Crippen LogP contribution in [0.1, 0.15) is 38.5 Å². The first-order chi connectivity index (χ1) is 10.1. The molecule has 2 rings (SSSR count). The third-order valence-corrected chi connectivity index (χ3v) is 5.54. The van der Waals surface area contributed by atoms with Crippen molar-refractivity contribution in [2.45, 2.75) is 43.8 Å². The van der Waals surface area contributed by atoms with Crippen molar-refractivity contribution in [3.8, 4) is 0 Å². The minimum Gasteiger partial charge on any atom is -0.399 e. The number of nitrogen functional groups attached to an aromatic ring is 1. The van der Waals surface area contributed by atoms with E-state index in [1.165, 1.54) is 32.1 Å². The Balaban J connectivity index is 1.79. The highest BCUT2D eigenvalue weighted by Crippen LogP contribution is 2.33. The van der Waals surface area contributed by atoms with Crippen molar-refractivity contribution in [1.82, 2.24) is 0 Å². The van der Waals surface area contributed by atoms with Gasteiger partial charge in [-0.15, -0.1) is 0 Å². The number of hydrogen-bond donors (Lipinski definition) is 2. The molecule has 6 heteroatoms. The molecule has 3 N–H and O–H groups in total. The largest absolute Gasteiger partial charge is 0.399 e. The minimum atomic E-state index is -0.0631. The van der Waals surface area contributed by atoms with Gasteiger partial charge < -0.3 is 11.1 Å². The van der Waals surface area contributed by atoms with Crippen LogP contribution < -0.4 is 11.1 Å². The van der Waals surface area contributed by atoms with Crippen LogP contribution in [0.2, 0.25) is 10.0 Å². The molecule has 0 atom stereocenters. The highest BCUT2D eigenvalue weighted by atomic mass is 35.5. The summed E-state index contributed by atoms with van der Waals surface area (Å²) in [6.07, 6.45) is 7.02. The van der Waals surface area contributed by atoms with Gasteiger partial charge in [-0.3, -0.25) is 4.79 Å². The Morgan fingerprint density at radius 2 is 1.86 bits per heavy atom. The van der Waals surface area contributed by atoms with E-state index < -0.39 is 0 Å². The number of carbonyl (C=O) groups is 1. The molecule has 1 aromatic carbocycles. The second-order valence-corrected chi connectivity index (χ2v) is 7.51. The third kappa shape index (κ3) is 5.28. The number of nitrogens with one attached hydrogen (secondary N) is 1. The highest BCUT2D eigenvalue weighted by molar-refractivity contribution is 7.99. The molecule has 0 unspecified atom stereocenters. The number of amides is 1. The van der Waals surface area contributed by atoms with Gasteiger partial charge >= 0.3 is 0 Å². The fourth-order valence-electron chi connectivity index (χ4n) is 2.46. The fraction of sp³-hybridized carbons (Fsp3) is 0.533. The lowest BCUT2D eigenvalue weighted by atomic mass is 10.0. The number of halogens is 2. The van der Waals surface area contributed by atoms with Crippen LogP contribution in [-0.2, 0) is 4.79 Å². The first-order valence-electron chi connectivity index (χ1n) is 7.22. The second kappa shape index (κ2) is 8.16. The SMILES string of the molecule is Nc1cc(Cl)c(NC(=O)CCSC2CCCCC2)c(Cl)c1. The van der Waals surface area contributed by atoms with Crippen LogP contribution >= 0.6 is 35.0 Å². The van der Waals surface area contributed by atoms with Gasteiger partial charge in [0.25, 0.3) is 0 Å². The quantitative estimate of drug-likeness (QED) is 0.740. The van der Waals surface area contributed by atoms with Crippen LogP contribution in [0.25, 0.3) is 0 Å². The van der Waals surface area contributed by atoms with Gasteiger partial charge in [-0.05, 0) is 25.0 Å². The Morgan fingerprint density at radius 3 is 2.48 bits per heavy atom. The van der Waals surface area contributed by atoms with Crippen LogP contribution in [-0.4, -0.2) is 16.9 Å². The third-order valence-electron chi connectivity index (χ3n) is 3.56. The molecule has 0 radical (unpaired) electrons. The first kappa shape index (κ1) is 16.8. The van der Waals surface area contributed by atoms with E-state index in [2.05, 4.69) is 5.32 Å². The Kier molecular flexibility index (Phi) is 6.52. The molecule has 0 heterocycles. The monoisotopic (exact) mass is 346 g/mol. The van der Waals surface area contributed by atoms with E-state index in [0.717, 1.165) is 11.0 Å². The Hall–Kier alpha value is -0.580. The molecular formula is C15H20Cl2N2OS. The van der Waals surface area contributed by atoms with Gasteiger partial charge in [0.05, 0.1) is 15.7 Å². The molecule has 3 nitrogen and oxygen atoms in total. The van der Waals surface area contributed by atoms with E-state index in [4.69, 9.17) is 28.9 Å². The molecule has 1 aliphatic carbocycles. The predicted molar refractivity (Wildman–Crippen MR) is 93.5 cm³/mol. The number of hydrogen-bond acceptors (Lipinski definition) is 3. The lowest BCUT2D eigenvalue weighted by molar-refractivity contribution is -0.115. The van der Waals surface area contributed by atoms with Crippen LogP contribution in [0.4, 0.5) is 11.4 Å². The van der Waals surface area contributed by atoms with Crippen molar-refractivity contribution in [2.75, 3.05) is 16.8 Å². The maximum atomic E-state index is 12.0. The summed E-state index contributed by atoms with van der Waals surface area (Å²) in [5.74, 6) is 0.771. The zero-order valence-corrected chi connectivity index (χ0v) is 14.2. The predicted octanol–water partition coefficient (Wildman–Crippen LogP) is 4.97.